The number of rotatable bonds is 2. The number of piperazine rings is 1. The fourth-order valence-corrected chi connectivity index (χ4v) is 1.42. The van der Waals surface area contributed by atoms with Crippen LogP contribution in [0.1, 0.15) is 13.8 Å². The van der Waals surface area contributed by atoms with Gasteiger partial charge in [-0.2, -0.15) is 0 Å². The van der Waals surface area contributed by atoms with Gasteiger partial charge in [-0.25, -0.2) is 0 Å². The van der Waals surface area contributed by atoms with Crippen molar-refractivity contribution < 1.29 is 120 Å². The van der Waals surface area contributed by atoms with Gasteiger partial charge in [0.1, 0.15) is 0 Å². The summed E-state index contributed by atoms with van der Waals surface area (Å²) in [6, 6.07) is 0. The van der Waals surface area contributed by atoms with E-state index in [0.29, 0.717) is 0 Å². The maximum absolute atomic E-state index is 8.52. The van der Waals surface area contributed by atoms with Crippen LogP contribution in [0, 0.1) is 0 Å². The quantitative estimate of drug-likeness (QED) is 0.286. The van der Waals surface area contributed by atoms with Gasteiger partial charge in [0.05, 0.1) is 0 Å². The number of likely N-dealkylation sites (N-methyl/N-ethyl adjacent to an activating group) is 2. The average molecular weight is 317 g/mol. The normalized spacial score (nSPS) is 17.2. The molecule has 6 nitrogen and oxygen atoms in total. The number of nitrogens with zero attached hydrogens (tertiary/aromatic N) is 2. The molecule has 0 aliphatic carbocycles. The van der Waals surface area contributed by atoms with Crippen LogP contribution >= 0.6 is 0 Å². The summed E-state index contributed by atoms with van der Waals surface area (Å²) in [6.45, 7) is 12.0. The molecule has 0 atom stereocenters. The van der Waals surface area contributed by atoms with Crippen LogP contribution < -0.4 is 103 Å². The van der Waals surface area contributed by atoms with Crippen LogP contribution in [0.3, 0.4) is 0 Å². The molecule has 1 saturated heterocycles. The SMILES string of the molecule is CCN1CCN(CC)CC1.O=S(=O)([O-])[O-].[K+].[K+]. The molecule has 1 aliphatic heterocycles. The molecule has 1 aliphatic rings. The summed E-state index contributed by atoms with van der Waals surface area (Å²) >= 11 is 0. The van der Waals surface area contributed by atoms with E-state index in [1.165, 1.54) is 39.3 Å². The van der Waals surface area contributed by atoms with Gasteiger partial charge in [0, 0.05) is 36.6 Å². The molecule has 17 heavy (non-hydrogen) atoms. The standard InChI is InChI=1S/C8H18N2.2K.H2O4S/c1-3-9-5-7-10(4-2)8-6-9;;;1-5(2,3)4/h3-8H2,1-2H3;;;(H2,1,2,3,4)/q;2*+1;/p-2. The summed E-state index contributed by atoms with van der Waals surface area (Å²) in [5.41, 5.74) is 0. The molecular formula is C8H18K2N2O4S. The Balaban J connectivity index is -0.000000247. The third-order valence-corrected chi connectivity index (χ3v) is 2.36. The third kappa shape index (κ3) is 19.1. The Morgan fingerprint density at radius 3 is 1.18 bits per heavy atom. The van der Waals surface area contributed by atoms with Crippen molar-refractivity contribution in [1.29, 1.82) is 0 Å². The predicted molar refractivity (Wildman–Crippen MR) is 54.7 cm³/mol. The fourth-order valence-electron chi connectivity index (χ4n) is 1.42. The molecule has 9 heteroatoms. The number of hydrogen-bond donors (Lipinski definition) is 0. The van der Waals surface area contributed by atoms with Crippen LogP contribution in [0.4, 0.5) is 0 Å². The zero-order valence-electron chi connectivity index (χ0n) is 11.2. The second kappa shape index (κ2) is 14.0. The summed E-state index contributed by atoms with van der Waals surface area (Å²) in [7, 11) is -5.17. The second-order valence-corrected chi connectivity index (χ2v) is 4.09. The molecule has 0 unspecified atom stereocenters. The predicted octanol–water partition coefficient (Wildman–Crippen LogP) is -6.69. The minimum absolute atomic E-state index is 0. The first kappa shape index (κ1) is 25.0. The van der Waals surface area contributed by atoms with E-state index in [9.17, 15) is 0 Å². The van der Waals surface area contributed by atoms with Gasteiger partial charge in [0.15, 0.2) is 0 Å². The van der Waals surface area contributed by atoms with Crippen molar-refractivity contribution in [1.82, 2.24) is 9.80 Å². The second-order valence-electron chi connectivity index (χ2n) is 3.28. The first-order valence-electron chi connectivity index (χ1n) is 4.98. The van der Waals surface area contributed by atoms with Crippen molar-refractivity contribution in [3.05, 3.63) is 0 Å². The van der Waals surface area contributed by atoms with Gasteiger partial charge in [-0.3, -0.25) is 8.42 Å². The Morgan fingerprint density at radius 1 is 0.882 bits per heavy atom. The molecule has 1 fully saturated rings. The molecule has 0 saturated carbocycles. The van der Waals surface area contributed by atoms with Gasteiger partial charge >= 0.3 is 103 Å². The Labute approximate surface area is 189 Å². The Kier molecular flexibility index (Phi) is 20.7. The monoisotopic (exact) mass is 316 g/mol. The molecule has 0 bridgehead atoms. The van der Waals surface area contributed by atoms with Crippen molar-refractivity contribution in [2.75, 3.05) is 39.3 Å². The molecule has 1 rings (SSSR count). The number of hydrogen-bond acceptors (Lipinski definition) is 6. The van der Waals surface area contributed by atoms with Gasteiger partial charge in [0.2, 0.25) is 0 Å². The van der Waals surface area contributed by atoms with E-state index in [1.54, 1.807) is 0 Å². The topological polar surface area (TPSA) is 86.7 Å². The van der Waals surface area contributed by atoms with Gasteiger partial charge in [-0.15, -0.1) is 0 Å². The van der Waals surface area contributed by atoms with Crippen molar-refractivity contribution in [2.24, 2.45) is 0 Å². The van der Waals surface area contributed by atoms with E-state index in [0.717, 1.165) is 0 Å². The summed E-state index contributed by atoms with van der Waals surface area (Å²) in [5.74, 6) is 0. The molecule has 0 radical (unpaired) electrons. The minimum Gasteiger partial charge on any atom is -0.759 e. The molecule has 1 heterocycles. The van der Waals surface area contributed by atoms with Gasteiger partial charge in [0.25, 0.3) is 0 Å². The van der Waals surface area contributed by atoms with Crippen LogP contribution in [0.2, 0.25) is 0 Å². The summed E-state index contributed by atoms with van der Waals surface area (Å²) in [5, 5.41) is 0. The van der Waals surface area contributed by atoms with Crippen molar-refractivity contribution >= 4 is 10.4 Å². The average Bonchev–Trinajstić information content (AvgIpc) is 2.15. The first-order valence-corrected chi connectivity index (χ1v) is 6.31. The zero-order valence-corrected chi connectivity index (χ0v) is 18.2. The maximum Gasteiger partial charge on any atom is 1.00 e. The van der Waals surface area contributed by atoms with E-state index in [1.807, 2.05) is 0 Å². The van der Waals surface area contributed by atoms with Crippen LogP contribution in [-0.4, -0.2) is 66.6 Å². The van der Waals surface area contributed by atoms with Crippen LogP contribution in [0.25, 0.3) is 0 Å². The summed E-state index contributed by atoms with van der Waals surface area (Å²) in [4.78, 5) is 5.01. The fraction of sp³-hybridized carbons (Fsp3) is 1.00. The molecular weight excluding hydrogens is 298 g/mol. The summed E-state index contributed by atoms with van der Waals surface area (Å²) < 4.78 is 34.1. The first-order chi connectivity index (χ1) is 6.86. The van der Waals surface area contributed by atoms with Gasteiger partial charge in [-0.05, 0) is 13.1 Å². The zero-order chi connectivity index (χ0) is 11.9. The van der Waals surface area contributed by atoms with E-state index in [4.69, 9.17) is 17.5 Å². The molecule has 0 aromatic carbocycles. The minimum atomic E-state index is -5.17. The van der Waals surface area contributed by atoms with E-state index < -0.39 is 10.4 Å². The van der Waals surface area contributed by atoms with Crippen LogP contribution in [0.5, 0.6) is 0 Å². The maximum atomic E-state index is 8.52. The van der Waals surface area contributed by atoms with Crippen molar-refractivity contribution in [3.63, 3.8) is 0 Å². The van der Waals surface area contributed by atoms with Crippen LogP contribution in [0.15, 0.2) is 0 Å². The van der Waals surface area contributed by atoms with Gasteiger partial charge < -0.3 is 18.9 Å². The molecule has 0 amide bonds. The molecule has 0 aromatic heterocycles. The molecule has 0 spiro atoms. The Hall–Kier alpha value is 3.06. The van der Waals surface area contributed by atoms with E-state index in [2.05, 4.69) is 23.6 Å². The molecule has 0 N–H and O–H groups in total. The largest absolute Gasteiger partial charge is 1.00 e. The molecule has 0 aromatic rings. The van der Waals surface area contributed by atoms with E-state index in [-0.39, 0.29) is 103 Å². The Morgan fingerprint density at radius 2 is 1.06 bits per heavy atom. The Bertz CT molecular complexity index is 236. The van der Waals surface area contributed by atoms with Crippen molar-refractivity contribution in [3.8, 4) is 0 Å². The van der Waals surface area contributed by atoms with Crippen molar-refractivity contribution in [2.45, 2.75) is 13.8 Å². The van der Waals surface area contributed by atoms with Gasteiger partial charge in [-0.1, -0.05) is 13.8 Å². The third-order valence-electron chi connectivity index (χ3n) is 2.36. The van der Waals surface area contributed by atoms with E-state index >= 15 is 0 Å². The molecule has 92 valence electrons. The van der Waals surface area contributed by atoms with Crippen LogP contribution in [-0.2, 0) is 10.4 Å². The summed E-state index contributed by atoms with van der Waals surface area (Å²) in [6.07, 6.45) is 0. The smallest absolute Gasteiger partial charge is 0.759 e.